The van der Waals surface area contributed by atoms with E-state index in [0.29, 0.717) is 6.54 Å². The Bertz CT molecular complexity index is 350. The highest BCUT2D eigenvalue weighted by atomic mass is 16.1. The molecule has 1 aromatic rings. The Kier molecular flexibility index (Phi) is 2.59. The van der Waals surface area contributed by atoms with Gasteiger partial charge in [-0.25, -0.2) is 4.68 Å². The third-order valence-corrected chi connectivity index (χ3v) is 1.45. The lowest BCUT2D eigenvalue weighted by molar-refractivity contribution is 0.504. The molecule has 0 aromatic carbocycles. The van der Waals surface area contributed by atoms with Crippen LogP contribution in [0.5, 0.6) is 0 Å². The van der Waals surface area contributed by atoms with Crippen molar-refractivity contribution in [3.8, 4) is 6.07 Å². The zero-order valence-corrected chi connectivity index (χ0v) is 6.77. The monoisotopic (exact) mass is 163 g/mol. The van der Waals surface area contributed by atoms with Gasteiger partial charge in [-0.05, 0) is 13.0 Å². The van der Waals surface area contributed by atoms with Gasteiger partial charge in [0.1, 0.15) is 0 Å². The van der Waals surface area contributed by atoms with E-state index in [0.717, 1.165) is 0 Å². The maximum Gasteiger partial charge on any atom is 0.266 e. The van der Waals surface area contributed by atoms with E-state index in [2.05, 4.69) is 5.10 Å². The van der Waals surface area contributed by atoms with Gasteiger partial charge in [-0.15, -0.1) is 0 Å². The van der Waals surface area contributed by atoms with Crippen molar-refractivity contribution in [2.24, 2.45) is 5.92 Å². The summed E-state index contributed by atoms with van der Waals surface area (Å²) in [6.45, 7) is 2.11. The molecule has 1 atom stereocenters. The molecule has 1 rings (SSSR count). The van der Waals surface area contributed by atoms with Gasteiger partial charge in [0.05, 0.1) is 18.5 Å². The van der Waals surface area contributed by atoms with Crippen LogP contribution in [0.2, 0.25) is 0 Å². The Hall–Kier alpha value is -1.63. The highest BCUT2D eigenvalue weighted by Gasteiger charge is 2.01. The molecular weight excluding hydrogens is 154 g/mol. The number of nitriles is 1. The van der Waals surface area contributed by atoms with Gasteiger partial charge in [0, 0.05) is 12.3 Å². The Labute approximate surface area is 70.1 Å². The van der Waals surface area contributed by atoms with Crippen LogP contribution in [0, 0.1) is 17.2 Å². The van der Waals surface area contributed by atoms with Gasteiger partial charge in [0.2, 0.25) is 0 Å². The summed E-state index contributed by atoms with van der Waals surface area (Å²) in [5.74, 6) is -0.183. The first-order valence-electron chi connectivity index (χ1n) is 3.66. The average Bonchev–Trinajstić information content (AvgIpc) is 2.09. The van der Waals surface area contributed by atoms with E-state index in [-0.39, 0.29) is 11.5 Å². The average molecular weight is 163 g/mol. The van der Waals surface area contributed by atoms with E-state index < -0.39 is 0 Å². The van der Waals surface area contributed by atoms with Gasteiger partial charge in [-0.3, -0.25) is 4.79 Å². The lowest BCUT2D eigenvalue weighted by Crippen LogP contribution is -2.23. The normalized spacial score (nSPS) is 12.0. The molecule has 0 N–H and O–H groups in total. The summed E-state index contributed by atoms with van der Waals surface area (Å²) < 4.78 is 1.29. The van der Waals surface area contributed by atoms with E-state index in [1.165, 1.54) is 16.9 Å². The zero-order chi connectivity index (χ0) is 8.97. The topological polar surface area (TPSA) is 58.7 Å². The van der Waals surface area contributed by atoms with E-state index >= 15 is 0 Å². The molecular formula is C8H9N3O. The smallest absolute Gasteiger partial charge is 0.266 e. The second-order valence-corrected chi connectivity index (χ2v) is 2.57. The summed E-state index contributed by atoms with van der Waals surface area (Å²) in [5, 5.41) is 12.3. The Balaban J connectivity index is 2.85. The number of hydrogen-bond donors (Lipinski definition) is 0. The van der Waals surface area contributed by atoms with Crippen molar-refractivity contribution in [2.45, 2.75) is 13.5 Å². The van der Waals surface area contributed by atoms with Crippen molar-refractivity contribution in [1.82, 2.24) is 9.78 Å². The molecule has 0 spiro atoms. The van der Waals surface area contributed by atoms with Crippen molar-refractivity contribution in [1.29, 1.82) is 5.26 Å². The van der Waals surface area contributed by atoms with Crippen LogP contribution in [0.25, 0.3) is 0 Å². The van der Waals surface area contributed by atoms with Crippen LogP contribution < -0.4 is 5.56 Å². The molecule has 62 valence electrons. The van der Waals surface area contributed by atoms with Crippen LogP contribution in [0.1, 0.15) is 6.92 Å². The van der Waals surface area contributed by atoms with Crippen molar-refractivity contribution < 1.29 is 0 Å². The van der Waals surface area contributed by atoms with Crippen molar-refractivity contribution in [2.75, 3.05) is 0 Å². The largest absolute Gasteiger partial charge is 0.268 e. The number of hydrogen-bond acceptors (Lipinski definition) is 3. The second kappa shape index (κ2) is 3.67. The molecule has 0 aliphatic rings. The van der Waals surface area contributed by atoms with Crippen LogP contribution in [-0.2, 0) is 6.54 Å². The Morgan fingerprint density at radius 1 is 1.83 bits per heavy atom. The Morgan fingerprint density at radius 3 is 3.17 bits per heavy atom. The summed E-state index contributed by atoms with van der Waals surface area (Å²) >= 11 is 0. The molecule has 0 radical (unpaired) electrons. The zero-order valence-electron chi connectivity index (χ0n) is 6.77. The van der Waals surface area contributed by atoms with Crippen LogP contribution in [-0.4, -0.2) is 9.78 Å². The molecule has 12 heavy (non-hydrogen) atoms. The predicted octanol–water partition coefficient (Wildman–Crippen LogP) is 0.403. The number of aromatic nitrogens is 2. The van der Waals surface area contributed by atoms with Gasteiger partial charge in [0.15, 0.2) is 0 Å². The molecule has 0 bridgehead atoms. The van der Waals surface area contributed by atoms with Gasteiger partial charge < -0.3 is 0 Å². The van der Waals surface area contributed by atoms with Gasteiger partial charge in [-0.1, -0.05) is 0 Å². The molecule has 1 unspecified atom stereocenters. The summed E-state index contributed by atoms with van der Waals surface area (Å²) in [5.41, 5.74) is -0.167. The molecule has 0 amide bonds. The minimum atomic E-state index is -0.183. The lowest BCUT2D eigenvalue weighted by Gasteiger charge is -2.03. The van der Waals surface area contributed by atoms with E-state index in [4.69, 9.17) is 5.26 Å². The predicted molar refractivity (Wildman–Crippen MR) is 43.3 cm³/mol. The minimum absolute atomic E-state index is 0.167. The van der Waals surface area contributed by atoms with Crippen LogP contribution in [0.3, 0.4) is 0 Å². The molecule has 0 saturated heterocycles. The van der Waals surface area contributed by atoms with E-state index in [1.54, 1.807) is 13.0 Å². The SMILES string of the molecule is CC(C#N)Cn1ncccc1=O. The van der Waals surface area contributed by atoms with Crippen LogP contribution in [0.4, 0.5) is 0 Å². The first-order chi connectivity index (χ1) is 5.74. The molecule has 0 saturated carbocycles. The maximum atomic E-state index is 11.1. The standard InChI is InChI=1S/C8H9N3O/c1-7(5-9)6-11-8(12)3-2-4-10-11/h2-4,7H,6H2,1H3. The molecule has 0 aliphatic carbocycles. The summed E-state index contributed by atoms with van der Waals surface area (Å²) in [7, 11) is 0. The molecule has 1 aromatic heterocycles. The molecule has 0 fully saturated rings. The van der Waals surface area contributed by atoms with Gasteiger partial charge in [0.25, 0.3) is 5.56 Å². The van der Waals surface area contributed by atoms with Crippen molar-refractivity contribution in [3.05, 3.63) is 28.7 Å². The first kappa shape index (κ1) is 8.47. The van der Waals surface area contributed by atoms with Gasteiger partial charge in [-0.2, -0.15) is 10.4 Å². The van der Waals surface area contributed by atoms with E-state index in [1.807, 2.05) is 6.07 Å². The lowest BCUT2D eigenvalue weighted by atomic mass is 10.2. The molecule has 1 heterocycles. The van der Waals surface area contributed by atoms with Crippen LogP contribution in [0.15, 0.2) is 23.1 Å². The minimum Gasteiger partial charge on any atom is -0.268 e. The Morgan fingerprint density at radius 2 is 2.58 bits per heavy atom. The highest BCUT2D eigenvalue weighted by molar-refractivity contribution is 4.86. The van der Waals surface area contributed by atoms with Crippen molar-refractivity contribution >= 4 is 0 Å². The maximum absolute atomic E-state index is 11.1. The molecule has 4 heteroatoms. The third-order valence-electron chi connectivity index (χ3n) is 1.45. The highest BCUT2D eigenvalue weighted by Crippen LogP contribution is 1.92. The van der Waals surface area contributed by atoms with Crippen LogP contribution >= 0.6 is 0 Å². The summed E-state index contributed by atoms with van der Waals surface area (Å²) in [6.07, 6.45) is 1.53. The quantitative estimate of drug-likeness (QED) is 0.634. The van der Waals surface area contributed by atoms with Gasteiger partial charge >= 0.3 is 0 Å². The third kappa shape index (κ3) is 1.92. The number of nitrogens with zero attached hydrogens (tertiary/aromatic N) is 3. The fourth-order valence-corrected chi connectivity index (χ4v) is 0.825. The van der Waals surface area contributed by atoms with Crippen molar-refractivity contribution in [3.63, 3.8) is 0 Å². The molecule has 4 nitrogen and oxygen atoms in total. The fourth-order valence-electron chi connectivity index (χ4n) is 0.825. The second-order valence-electron chi connectivity index (χ2n) is 2.57. The number of rotatable bonds is 2. The fraction of sp³-hybridized carbons (Fsp3) is 0.375. The molecule has 0 aliphatic heterocycles. The summed E-state index contributed by atoms with van der Waals surface area (Å²) in [4.78, 5) is 11.1. The van der Waals surface area contributed by atoms with E-state index in [9.17, 15) is 4.79 Å². The summed E-state index contributed by atoms with van der Waals surface area (Å²) in [6, 6.07) is 5.05. The first-order valence-corrected chi connectivity index (χ1v) is 3.66.